The van der Waals surface area contributed by atoms with Gasteiger partial charge in [-0.25, -0.2) is 13.1 Å². The summed E-state index contributed by atoms with van der Waals surface area (Å²) >= 11 is 3.23. The molecule has 0 spiro atoms. The van der Waals surface area contributed by atoms with Gasteiger partial charge in [0.25, 0.3) is 16.0 Å². The smallest absolute Gasteiger partial charge is 0.277 e. The van der Waals surface area contributed by atoms with Crippen molar-refractivity contribution < 1.29 is 12.9 Å². The van der Waals surface area contributed by atoms with Crippen LogP contribution in [0.1, 0.15) is 24.7 Å². The molecule has 1 aromatic heterocycles. The normalized spacial score (nSPS) is 15.4. The second-order valence-corrected chi connectivity index (χ2v) is 6.89. The Balaban J connectivity index is 1.84. The van der Waals surface area contributed by atoms with Crippen molar-refractivity contribution in [1.82, 2.24) is 10.1 Å². The Morgan fingerprint density at radius 3 is 2.84 bits per heavy atom. The molecule has 1 saturated carbocycles. The molecule has 0 saturated heterocycles. The lowest BCUT2D eigenvalue weighted by atomic mass is 10.4. The highest BCUT2D eigenvalue weighted by Crippen LogP contribution is 2.39. The lowest BCUT2D eigenvalue weighted by molar-refractivity contribution is 0.380. The molecule has 8 heteroatoms. The third-order valence-corrected chi connectivity index (χ3v) is 4.52. The van der Waals surface area contributed by atoms with E-state index >= 15 is 0 Å². The van der Waals surface area contributed by atoms with Gasteiger partial charge in [0.1, 0.15) is 0 Å². The number of aromatic nitrogens is 2. The topological polar surface area (TPSA) is 85.1 Å². The van der Waals surface area contributed by atoms with Crippen molar-refractivity contribution in [2.24, 2.45) is 0 Å². The van der Waals surface area contributed by atoms with E-state index in [-0.39, 0.29) is 16.8 Å². The number of rotatable bonds is 4. The van der Waals surface area contributed by atoms with E-state index in [1.54, 1.807) is 12.1 Å². The van der Waals surface area contributed by atoms with Gasteiger partial charge in [-0.1, -0.05) is 22.0 Å². The maximum absolute atomic E-state index is 12.1. The summed E-state index contributed by atoms with van der Waals surface area (Å²) in [6.07, 6.45) is 2.03. The molecule has 1 N–H and O–H groups in total. The maximum Gasteiger partial charge on any atom is 0.277 e. The average molecular weight is 344 g/mol. The van der Waals surface area contributed by atoms with Gasteiger partial charge in [-0.15, -0.1) is 0 Å². The van der Waals surface area contributed by atoms with Crippen LogP contribution in [0.4, 0.5) is 5.95 Å². The van der Waals surface area contributed by atoms with Gasteiger partial charge in [-0.3, -0.25) is 0 Å². The Hall–Kier alpha value is -1.41. The summed E-state index contributed by atoms with van der Waals surface area (Å²) in [5.41, 5.74) is 0. The minimum atomic E-state index is -3.69. The Kier molecular flexibility index (Phi) is 3.06. The zero-order chi connectivity index (χ0) is 13.5. The van der Waals surface area contributed by atoms with E-state index in [0.29, 0.717) is 10.4 Å². The fourth-order valence-electron chi connectivity index (χ4n) is 1.59. The van der Waals surface area contributed by atoms with Crippen molar-refractivity contribution in [2.75, 3.05) is 4.72 Å². The molecule has 0 aliphatic heterocycles. The zero-order valence-corrected chi connectivity index (χ0v) is 12.1. The minimum absolute atomic E-state index is 0.0260. The monoisotopic (exact) mass is 343 g/mol. The molecule has 0 amide bonds. The number of halogens is 1. The fourth-order valence-corrected chi connectivity index (χ4v) is 3.12. The Labute approximate surface area is 118 Å². The highest BCUT2D eigenvalue weighted by Gasteiger charge is 2.30. The summed E-state index contributed by atoms with van der Waals surface area (Å²) in [6.45, 7) is 0. The van der Waals surface area contributed by atoms with Crippen LogP contribution in [-0.2, 0) is 10.0 Å². The first-order valence-electron chi connectivity index (χ1n) is 5.66. The quantitative estimate of drug-likeness (QED) is 0.921. The van der Waals surface area contributed by atoms with Crippen LogP contribution in [-0.4, -0.2) is 18.6 Å². The maximum atomic E-state index is 12.1. The molecule has 0 unspecified atom stereocenters. The number of hydrogen-bond donors (Lipinski definition) is 1. The first kappa shape index (κ1) is 12.6. The molecule has 0 radical (unpaired) electrons. The first-order valence-corrected chi connectivity index (χ1v) is 7.94. The van der Waals surface area contributed by atoms with E-state index in [1.807, 2.05) is 0 Å². The molecule has 2 aromatic rings. The van der Waals surface area contributed by atoms with Gasteiger partial charge in [-0.05, 0) is 36.2 Å². The molecule has 3 rings (SSSR count). The largest absolute Gasteiger partial charge is 0.337 e. The molecule has 6 nitrogen and oxygen atoms in total. The Morgan fingerprint density at radius 1 is 1.37 bits per heavy atom. The molecule has 1 aliphatic rings. The average Bonchev–Trinajstić information content (AvgIpc) is 3.11. The van der Waals surface area contributed by atoms with Crippen LogP contribution in [0.3, 0.4) is 0 Å². The number of benzene rings is 1. The predicted octanol–water partition coefficient (Wildman–Crippen LogP) is 2.51. The summed E-state index contributed by atoms with van der Waals surface area (Å²) in [7, 11) is -3.69. The van der Waals surface area contributed by atoms with E-state index in [9.17, 15) is 8.42 Å². The zero-order valence-electron chi connectivity index (χ0n) is 9.71. The second-order valence-electron chi connectivity index (χ2n) is 4.29. The number of nitrogens with one attached hydrogen (secondary N) is 1. The molecular formula is C11H10BrN3O3S. The highest BCUT2D eigenvalue weighted by atomic mass is 79.9. The van der Waals surface area contributed by atoms with Crippen LogP contribution in [0.25, 0.3) is 0 Å². The predicted molar refractivity (Wildman–Crippen MR) is 71.2 cm³/mol. The van der Waals surface area contributed by atoms with Gasteiger partial charge in [0, 0.05) is 10.4 Å². The van der Waals surface area contributed by atoms with Crippen LogP contribution in [0, 0.1) is 0 Å². The van der Waals surface area contributed by atoms with Crippen molar-refractivity contribution in [3.63, 3.8) is 0 Å². The lowest BCUT2D eigenvalue weighted by Gasteiger charge is -2.03. The van der Waals surface area contributed by atoms with E-state index in [2.05, 4.69) is 30.8 Å². The molecule has 1 aromatic carbocycles. The molecule has 19 heavy (non-hydrogen) atoms. The molecular weight excluding hydrogens is 334 g/mol. The van der Waals surface area contributed by atoms with Gasteiger partial charge < -0.3 is 4.52 Å². The van der Waals surface area contributed by atoms with Gasteiger partial charge in [0.2, 0.25) is 5.89 Å². The SMILES string of the molecule is O=S(=O)(Nc1noc(C2CC2)n1)c1cccc(Br)c1. The van der Waals surface area contributed by atoms with Crippen LogP contribution < -0.4 is 4.72 Å². The van der Waals surface area contributed by atoms with E-state index in [0.717, 1.165) is 12.8 Å². The van der Waals surface area contributed by atoms with Crippen LogP contribution >= 0.6 is 15.9 Å². The minimum Gasteiger partial charge on any atom is -0.337 e. The van der Waals surface area contributed by atoms with Gasteiger partial charge in [0.05, 0.1) is 4.90 Å². The summed E-state index contributed by atoms with van der Waals surface area (Å²) in [6, 6.07) is 6.39. The molecule has 100 valence electrons. The third-order valence-electron chi connectivity index (χ3n) is 2.70. The molecule has 1 fully saturated rings. The number of nitrogens with zero attached hydrogens (tertiary/aromatic N) is 2. The second kappa shape index (κ2) is 4.61. The number of hydrogen-bond acceptors (Lipinski definition) is 5. The van der Waals surface area contributed by atoms with Gasteiger partial charge >= 0.3 is 0 Å². The van der Waals surface area contributed by atoms with Crippen molar-refractivity contribution in [3.05, 3.63) is 34.6 Å². The summed E-state index contributed by atoms with van der Waals surface area (Å²) in [5, 5.41) is 3.62. The summed E-state index contributed by atoms with van der Waals surface area (Å²) in [4.78, 5) is 4.16. The first-order chi connectivity index (χ1) is 9.04. The van der Waals surface area contributed by atoms with Crippen molar-refractivity contribution in [1.29, 1.82) is 0 Å². The highest BCUT2D eigenvalue weighted by molar-refractivity contribution is 9.10. The standard InChI is InChI=1S/C11H10BrN3O3S/c12-8-2-1-3-9(6-8)19(16,17)15-11-13-10(18-14-11)7-4-5-7/h1-3,6-7H,4-5H2,(H,14,15). The molecule has 1 aliphatic carbocycles. The van der Waals surface area contributed by atoms with Gasteiger partial charge in [0.15, 0.2) is 0 Å². The number of anilines is 1. The summed E-state index contributed by atoms with van der Waals surface area (Å²) in [5.74, 6) is 0.755. The van der Waals surface area contributed by atoms with E-state index < -0.39 is 10.0 Å². The van der Waals surface area contributed by atoms with Gasteiger partial charge in [-0.2, -0.15) is 4.98 Å². The molecule has 0 bridgehead atoms. The third kappa shape index (κ3) is 2.79. The van der Waals surface area contributed by atoms with Crippen LogP contribution in [0.15, 0.2) is 38.2 Å². The van der Waals surface area contributed by atoms with E-state index in [1.165, 1.54) is 12.1 Å². The van der Waals surface area contributed by atoms with Crippen LogP contribution in [0.5, 0.6) is 0 Å². The van der Waals surface area contributed by atoms with Crippen molar-refractivity contribution in [2.45, 2.75) is 23.7 Å². The van der Waals surface area contributed by atoms with Crippen molar-refractivity contribution >= 4 is 31.9 Å². The van der Waals surface area contributed by atoms with Crippen molar-refractivity contribution in [3.8, 4) is 0 Å². The van der Waals surface area contributed by atoms with Crippen LogP contribution in [0.2, 0.25) is 0 Å². The number of sulfonamides is 1. The lowest BCUT2D eigenvalue weighted by Crippen LogP contribution is -2.13. The molecule has 1 heterocycles. The Morgan fingerprint density at radius 2 is 2.16 bits per heavy atom. The fraction of sp³-hybridized carbons (Fsp3) is 0.273. The van der Waals surface area contributed by atoms with E-state index in [4.69, 9.17) is 4.52 Å². The molecule has 0 atom stereocenters. The Bertz CT molecular complexity index is 709. The summed E-state index contributed by atoms with van der Waals surface area (Å²) < 4.78 is 32.2.